The third-order valence-corrected chi connectivity index (χ3v) is 6.22. The minimum Gasteiger partial charge on any atom is -0.496 e. The van der Waals surface area contributed by atoms with Gasteiger partial charge in [0.25, 0.3) is 5.91 Å². The number of aliphatic hydroxyl groups is 1. The van der Waals surface area contributed by atoms with E-state index in [9.17, 15) is 9.59 Å². The lowest BCUT2D eigenvalue weighted by atomic mass is 9.96. The van der Waals surface area contributed by atoms with Crippen LogP contribution in [-0.4, -0.2) is 92.4 Å². The van der Waals surface area contributed by atoms with Crippen LogP contribution in [0, 0.1) is 5.92 Å². The molecule has 0 radical (unpaired) electrons. The van der Waals surface area contributed by atoms with E-state index in [1.54, 1.807) is 4.90 Å². The van der Waals surface area contributed by atoms with Crippen LogP contribution in [0.15, 0.2) is 12.1 Å². The Morgan fingerprint density at radius 1 is 1.32 bits per heavy atom. The fourth-order valence-electron chi connectivity index (χ4n) is 4.12. The van der Waals surface area contributed by atoms with Crippen molar-refractivity contribution in [1.29, 1.82) is 0 Å². The Labute approximate surface area is 187 Å². The van der Waals surface area contributed by atoms with Crippen LogP contribution in [0.4, 0.5) is 5.69 Å². The zero-order valence-electron chi connectivity index (χ0n) is 17.8. The van der Waals surface area contributed by atoms with E-state index in [4.69, 9.17) is 31.9 Å². The number of nitrogens with two attached hydrogens (primary N) is 1. The Balaban J connectivity index is 1.47. The van der Waals surface area contributed by atoms with Gasteiger partial charge in [0.05, 0.1) is 36.1 Å². The Kier molecular flexibility index (Phi) is 8.36. The van der Waals surface area contributed by atoms with E-state index in [2.05, 4.69) is 10.2 Å². The number of amides is 2. The van der Waals surface area contributed by atoms with E-state index in [0.717, 1.165) is 32.5 Å². The number of carbonyl (C=O) groups excluding carboxylic acids is 2. The van der Waals surface area contributed by atoms with Crippen molar-refractivity contribution in [2.45, 2.75) is 18.9 Å². The average molecular weight is 455 g/mol. The summed E-state index contributed by atoms with van der Waals surface area (Å²) in [6.45, 7) is 4.48. The van der Waals surface area contributed by atoms with E-state index in [0.29, 0.717) is 54.2 Å². The molecule has 0 spiro atoms. The van der Waals surface area contributed by atoms with Crippen LogP contribution in [0.25, 0.3) is 0 Å². The summed E-state index contributed by atoms with van der Waals surface area (Å²) in [4.78, 5) is 28.3. The third-order valence-electron chi connectivity index (χ3n) is 5.90. The molecule has 0 unspecified atom stereocenters. The van der Waals surface area contributed by atoms with E-state index in [-0.39, 0.29) is 17.9 Å². The maximum Gasteiger partial charge on any atom is 0.255 e. The van der Waals surface area contributed by atoms with Gasteiger partial charge in [0, 0.05) is 45.3 Å². The lowest BCUT2D eigenvalue weighted by molar-refractivity contribution is -0.135. The van der Waals surface area contributed by atoms with Crippen LogP contribution in [-0.2, 0) is 9.53 Å². The van der Waals surface area contributed by atoms with Crippen molar-refractivity contribution in [3.8, 4) is 5.75 Å². The van der Waals surface area contributed by atoms with Gasteiger partial charge in [-0.05, 0) is 24.8 Å². The lowest BCUT2D eigenvalue weighted by Gasteiger charge is -2.38. The maximum absolute atomic E-state index is 12.6. The fraction of sp³-hybridized carbons (Fsp3) is 0.619. The molecule has 10 heteroatoms. The number of carbonyl (C=O) groups is 2. The number of nitrogens with zero attached hydrogens (tertiary/aromatic N) is 2. The van der Waals surface area contributed by atoms with Gasteiger partial charge in [-0.25, -0.2) is 0 Å². The molecule has 9 nitrogen and oxygen atoms in total. The maximum atomic E-state index is 12.6. The van der Waals surface area contributed by atoms with Gasteiger partial charge in [0.15, 0.2) is 0 Å². The van der Waals surface area contributed by atoms with Crippen LogP contribution < -0.4 is 15.8 Å². The predicted octanol–water partition coefficient (Wildman–Crippen LogP) is 0.592. The molecular weight excluding hydrogens is 424 g/mol. The summed E-state index contributed by atoms with van der Waals surface area (Å²) in [6.07, 6.45) is 1.76. The van der Waals surface area contributed by atoms with Crippen LogP contribution in [0.1, 0.15) is 23.2 Å². The summed E-state index contributed by atoms with van der Waals surface area (Å²) < 4.78 is 11.1. The summed E-state index contributed by atoms with van der Waals surface area (Å²) in [7, 11) is 1.48. The molecule has 2 amide bonds. The number of ether oxygens (including phenoxy) is 2. The summed E-state index contributed by atoms with van der Waals surface area (Å²) in [5.74, 6) is 0.397. The van der Waals surface area contributed by atoms with Gasteiger partial charge in [-0.3, -0.25) is 14.5 Å². The molecule has 3 rings (SSSR count). The van der Waals surface area contributed by atoms with Gasteiger partial charge >= 0.3 is 0 Å². The molecule has 0 saturated carbocycles. The molecule has 4 N–H and O–H groups in total. The molecule has 2 aliphatic heterocycles. The van der Waals surface area contributed by atoms with Crippen molar-refractivity contribution < 1.29 is 24.2 Å². The van der Waals surface area contributed by atoms with Gasteiger partial charge in [-0.1, -0.05) is 11.6 Å². The first kappa shape index (κ1) is 23.6. The van der Waals surface area contributed by atoms with Gasteiger partial charge in [-0.2, -0.15) is 0 Å². The molecule has 0 bridgehead atoms. The first-order valence-corrected chi connectivity index (χ1v) is 10.9. The average Bonchev–Trinajstić information content (AvgIpc) is 2.79. The highest BCUT2D eigenvalue weighted by Gasteiger charge is 2.27. The highest BCUT2D eigenvalue weighted by atomic mass is 35.5. The molecule has 2 fully saturated rings. The molecule has 2 aliphatic rings. The second-order valence-corrected chi connectivity index (χ2v) is 8.43. The van der Waals surface area contributed by atoms with Gasteiger partial charge < -0.3 is 30.5 Å². The van der Waals surface area contributed by atoms with Gasteiger partial charge in [0.1, 0.15) is 12.4 Å². The number of hydrogen-bond acceptors (Lipinski definition) is 7. The molecule has 0 aromatic heterocycles. The highest BCUT2D eigenvalue weighted by Crippen LogP contribution is 2.28. The molecule has 2 saturated heterocycles. The number of aliphatic hydroxyl groups excluding tert-OH is 1. The standard InChI is InChI=1S/C21H31ClN4O5/c1-30-19-9-18(23)17(22)8-16(19)21(29)24-10-15-12-25(6-7-31-15)11-14-2-4-26(5-3-14)20(28)13-27/h8-9,14-15,27H,2-7,10-13,23H2,1H3,(H,24,29)/t15-/m1/s1. The monoisotopic (exact) mass is 454 g/mol. The number of piperidine rings is 1. The quantitative estimate of drug-likeness (QED) is 0.516. The number of hydrogen-bond donors (Lipinski definition) is 3. The van der Waals surface area contributed by atoms with Crippen LogP contribution in [0.3, 0.4) is 0 Å². The third kappa shape index (κ3) is 6.22. The number of nitrogen functional groups attached to an aromatic ring is 1. The van der Waals surface area contributed by atoms with E-state index >= 15 is 0 Å². The number of halogens is 1. The molecule has 1 aromatic carbocycles. The Bertz CT molecular complexity index is 785. The zero-order valence-corrected chi connectivity index (χ0v) is 18.6. The lowest BCUT2D eigenvalue weighted by Crippen LogP contribution is -2.50. The summed E-state index contributed by atoms with van der Waals surface area (Å²) in [5, 5.41) is 12.2. The molecule has 0 aliphatic carbocycles. The summed E-state index contributed by atoms with van der Waals surface area (Å²) in [5.41, 5.74) is 6.46. The first-order valence-electron chi connectivity index (χ1n) is 10.5. The van der Waals surface area contributed by atoms with Crippen molar-refractivity contribution in [2.24, 2.45) is 5.92 Å². The highest BCUT2D eigenvalue weighted by molar-refractivity contribution is 6.33. The summed E-state index contributed by atoms with van der Waals surface area (Å²) >= 11 is 6.06. The van der Waals surface area contributed by atoms with Gasteiger partial charge in [0.2, 0.25) is 5.91 Å². The topological polar surface area (TPSA) is 117 Å². The van der Waals surface area contributed by atoms with Crippen molar-refractivity contribution in [3.05, 3.63) is 22.7 Å². The van der Waals surface area contributed by atoms with Crippen molar-refractivity contribution in [2.75, 3.05) is 65.3 Å². The molecule has 1 atom stereocenters. The van der Waals surface area contributed by atoms with Crippen LogP contribution in [0.2, 0.25) is 5.02 Å². The molecule has 31 heavy (non-hydrogen) atoms. The first-order chi connectivity index (χ1) is 14.9. The Morgan fingerprint density at radius 3 is 2.74 bits per heavy atom. The SMILES string of the molecule is COc1cc(N)c(Cl)cc1C(=O)NC[C@@H]1CN(CC2CCN(C(=O)CO)CC2)CCO1. The number of rotatable bonds is 7. The van der Waals surface area contributed by atoms with E-state index in [1.807, 2.05) is 0 Å². The Morgan fingerprint density at radius 2 is 2.06 bits per heavy atom. The smallest absolute Gasteiger partial charge is 0.255 e. The predicted molar refractivity (Wildman–Crippen MR) is 117 cm³/mol. The summed E-state index contributed by atoms with van der Waals surface area (Å²) in [6, 6.07) is 3.04. The van der Waals surface area contributed by atoms with Gasteiger partial charge in [-0.15, -0.1) is 0 Å². The second kappa shape index (κ2) is 11.0. The zero-order chi connectivity index (χ0) is 22.4. The number of anilines is 1. The minimum atomic E-state index is -0.421. The van der Waals surface area contributed by atoms with E-state index in [1.165, 1.54) is 19.2 Å². The number of likely N-dealkylation sites (tertiary alicyclic amines) is 1. The molecular formula is C21H31ClN4O5. The molecule has 2 heterocycles. The minimum absolute atomic E-state index is 0.107. The molecule has 1 aromatic rings. The van der Waals surface area contributed by atoms with Crippen molar-refractivity contribution in [1.82, 2.24) is 15.1 Å². The van der Waals surface area contributed by atoms with E-state index < -0.39 is 6.61 Å². The molecule has 172 valence electrons. The fourth-order valence-corrected chi connectivity index (χ4v) is 4.28. The van der Waals surface area contributed by atoms with Crippen molar-refractivity contribution in [3.63, 3.8) is 0 Å². The van der Waals surface area contributed by atoms with Crippen LogP contribution >= 0.6 is 11.6 Å². The van der Waals surface area contributed by atoms with Crippen LogP contribution in [0.5, 0.6) is 5.75 Å². The largest absolute Gasteiger partial charge is 0.496 e. The van der Waals surface area contributed by atoms with Crippen molar-refractivity contribution >= 4 is 29.1 Å². The number of benzene rings is 1. The number of nitrogens with one attached hydrogen (secondary N) is 1. The number of methoxy groups -OCH3 is 1. The number of morpholine rings is 1. The normalized spacial score (nSPS) is 20.5. The Hall–Kier alpha value is -2.07. The second-order valence-electron chi connectivity index (χ2n) is 8.02.